The number of rotatable bonds is 1. The third-order valence-corrected chi connectivity index (χ3v) is 4.88. The van der Waals surface area contributed by atoms with E-state index in [9.17, 15) is 4.79 Å². The van der Waals surface area contributed by atoms with Gasteiger partial charge in [-0.25, -0.2) is 0 Å². The van der Waals surface area contributed by atoms with Gasteiger partial charge >= 0.3 is 0 Å². The quantitative estimate of drug-likeness (QED) is 0.790. The van der Waals surface area contributed by atoms with Crippen LogP contribution in [-0.4, -0.2) is 34.1 Å². The SMILES string of the molecule is Cc1ccc(C(=O)N2CCCC3(CCCCC3)C2)nn1. The van der Waals surface area contributed by atoms with Gasteiger partial charge < -0.3 is 4.90 Å². The van der Waals surface area contributed by atoms with Crippen molar-refractivity contribution in [2.24, 2.45) is 5.41 Å². The first-order valence-electron chi connectivity index (χ1n) is 7.78. The Hall–Kier alpha value is -1.45. The molecular formula is C16H23N3O. The van der Waals surface area contributed by atoms with Gasteiger partial charge in [-0.2, -0.15) is 5.10 Å². The van der Waals surface area contributed by atoms with Crippen LogP contribution in [0.1, 0.15) is 61.1 Å². The van der Waals surface area contributed by atoms with E-state index in [2.05, 4.69) is 10.2 Å². The summed E-state index contributed by atoms with van der Waals surface area (Å²) in [4.78, 5) is 14.6. The number of amides is 1. The van der Waals surface area contributed by atoms with Crippen LogP contribution in [0.25, 0.3) is 0 Å². The van der Waals surface area contributed by atoms with Crippen LogP contribution in [0.5, 0.6) is 0 Å². The van der Waals surface area contributed by atoms with Gasteiger partial charge in [0.15, 0.2) is 5.69 Å². The second-order valence-electron chi connectivity index (χ2n) is 6.45. The molecule has 1 saturated carbocycles. The predicted molar refractivity (Wildman–Crippen MR) is 77.4 cm³/mol. The van der Waals surface area contributed by atoms with Crippen LogP contribution in [-0.2, 0) is 0 Å². The molecule has 0 atom stereocenters. The van der Waals surface area contributed by atoms with E-state index in [-0.39, 0.29) is 5.91 Å². The first-order valence-corrected chi connectivity index (χ1v) is 7.78. The molecule has 4 nitrogen and oxygen atoms in total. The lowest BCUT2D eigenvalue weighted by Gasteiger charge is -2.45. The molecule has 4 heteroatoms. The monoisotopic (exact) mass is 273 g/mol. The first kappa shape index (κ1) is 13.5. The third kappa shape index (κ3) is 2.69. The smallest absolute Gasteiger partial charge is 0.274 e. The molecule has 2 heterocycles. The number of aryl methyl sites for hydroxylation is 1. The second kappa shape index (κ2) is 5.51. The average Bonchev–Trinajstić information content (AvgIpc) is 2.48. The summed E-state index contributed by atoms with van der Waals surface area (Å²) in [6.45, 7) is 3.68. The van der Waals surface area contributed by atoms with Crippen LogP contribution in [0.3, 0.4) is 0 Å². The molecule has 1 aromatic heterocycles. The molecule has 1 aliphatic carbocycles. The Morgan fingerprint density at radius 2 is 1.85 bits per heavy atom. The lowest BCUT2D eigenvalue weighted by atomic mass is 9.69. The van der Waals surface area contributed by atoms with Crippen LogP contribution >= 0.6 is 0 Å². The van der Waals surface area contributed by atoms with E-state index in [0.717, 1.165) is 25.2 Å². The summed E-state index contributed by atoms with van der Waals surface area (Å²) in [6, 6.07) is 3.66. The van der Waals surface area contributed by atoms with Gasteiger partial charge in [-0.15, -0.1) is 5.10 Å². The molecule has 108 valence electrons. The van der Waals surface area contributed by atoms with E-state index in [1.165, 1.54) is 38.5 Å². The number of nitrogens with zero attached hydrogens (tertiary/aromatic N) is 3. The minimum atomic E-state index is 0.0575. The highest BCUT2D eigenvalue weighted by atomic mass is 16.2. The molecule has 2 aliphatic rings. The van der Waals surface area contributed by atoms with Crippen molar-refractivity contribution < 1.29 is 4.79 Å². The Kier molecular flexibility index (Phi) is 3.72. The van der Waals surface area contributed by atoms with E-state index >= 15 is 0 Å². The van der Waals surface area contributed by atoms with Crippen molar-refractivity contribution in [3.8, 4) is 0 Å². The lowest BCUT2D eigenvalue weighted by molar-refractivity contribution is 0.0378. The third-order valence-electron chi connectivity index (χ3n) is 4.88. The molecule has 2 fully saturated rings. The van der Waals surface area contributed by atoms with E-state index in [1.807, 2.05) is 17.9 Å². The molecule has 0 aromatic carbocycles. The minimum Gasteiger partial charge on any atom is -0.337 e. The zero-order chi connectivity index (χ0) is 14.0. The fraction of sp³-hybridized carbons (Fsp3) is 0.688. The molecule has 1 aliphatic heterocycles. The van der Waals surface area contributed by atoms with E-state index in [0.29, 0.717) is 11.1 Å². The Balaban J connectivity index is 1.73. The summed E-state index contributed by atoms with van der Waals surface area (Å²) in [5, 5.41) is 8.05. The minimum absolute atomic E-state index is 0.0575. The molecule has 0 radical (unpaired) electrons. The maximum Gasteiger partial charge on any atom is 0.274 e. The lowest BCUT2D eigenvalue weighted by Crippen LogP contribution is -2.47. The normalized spacial score (nSPS) is 21.9. The maximum absolute atomic E-state index is 12.6. The summed E-state index contributed by atoms with van der Waals surface area (Å²) in [5.74, 6) is 0.0575. The Labute approximate surface area is 120 Å². The first-order chi connectivity index (χ1) is 9.69. The van der Waals surface area contributed by atoms with Crippen LogP contribution in [0.2, 0.25) is 0 Å². The highest BCUT2D eigenvalue weighted by Crippen LogP contribution is 2.43. The number of piperidine rings is 1. The van der Waals surface area contributed by atoms with Gasteiger partial charge in [0.25, 0.3) is 5.91 Å². The van der Waals surface area contributed by atoms with Crippen molar-refractivity contribution in [3.63, 3.8) is 0 Å². The molecule has 1 amide bonds. The number of hydrogen-bond acceptors (Lipinski definition) is 3. The second-order valence-corrected chi connectivity index (χ2v) is 6.45. The zero-order valence-corrected chi connectivity index (χ0v) is 12.3. The number of carbonyl (C=O) groups excluding carboxylic acids is 1. The Bertz CT molecular complexity index is 471. The highest BCUT2D eigenvalue weighted by Gasteiger charge is 2.38. The maximum atomic E-state index is 12.6. The van der Waals surface area contributed by atoms with E-state index in [4.69, 9.17) is 0 Å². The van der Waals surface area contributed by atoms with Gasteiger partial charge in [0.05, 0.1) is 5.69 Å². The van der Waals surface area contributed by atoms with E-state index in [1.54, 1.807) is 6.07 Å². The summed E-state index contributed by atoms with van der Waals surface area (Å²) >= 11 is 0. The topological polar surface area (TPSA) is 46.1 Å². The summed E-state index contributed by atoms with van der Waals surface area (Å²) in [7, 11) is 0. The van der Waals surface area contributed by atoms with E-state index < -0.39 is 0 Å². The van der Waals surface area contributed by atoms with Crippen molar-refractivity contribution in [2.75, 3.05) is 13.1 Å². The largest absolute Gasteiger partial charge is 0.337 e. The van der Waals surface area contributed by atoms with Gasteiger partial charge in [0.1, 0.15) is 0 Å². The molecule has 1 saturated heterocycles. The molecule has 1 spiro atoms. The fourth-order valence-electron chi connectivity index (χ4n) is 3.77. The Morgan fingerprint density at radius 3 is 2.55 bits per heavy atom. The summed E-state index contributed by atoms with van der Waals surface area (Å²) < 4.78 is 0. The molecule has 3 rings (SSSR count). The van der Waals surface area contributed by atoms with Crippen molar-refractivity contribution in [2.45, 2.75) is 51.9 Å². The average molecular weight is 273 g/mol. The van der Waals surface area contributed by atoms with Gasteiger partial charge in [-0.3, -0.25) is 4.79 Å². The van der Waals surface area contributed by atoms with Crippen LogP contribution in [0.4, 0.5) is 0 Å². The predicted octanol–water partition coefficient (Wildman–Crippen LogP) is 2.97. The van der Waals surface area contributed by atoms with Crippen LogP contribution in [0.15, 0.2) is 12.1 Å². The zero-order valence-electron chi connectivity index (χ0n) is 12.3. The number of likely N-dealkylation sites (tertiary alicyclic amines) is 1. The molecule has 0 bridgehead atoms. The molecule has 0 N–H and O–H groups in total. The van der Waals surface area contributed by atoms with Crippen molar-refractivity contribution in [3.05, 3.63) is 23.5 Å². The molecule has 1 aromatic rings. The van der Waals surface area contributed by atoms with Crippen LogP contribution in [0, 0.1) is 12.3 Å². The van der Waals surface area contributed by atoms with Crippen molar-refractivity contribution in [1.29, 1.82) is 0 Å². The number of aromatic nitrogens is 2. The number of carbonyl (C=O) groups is 1. The van der Waals surface area contributed by atoms with Crippen molar-refractivity contribution in [1.82, 2.24) is 15.1 Å². The van der Waals surface area contributed by atoms with Crippen molar-refractivity contribution >= 4 is 5.91 Å². The highest BCUT2D eigenvalue weighted by molar-refractivity contribution is 5.92. The van der Waals surface area contributed by atoms with Crippen LogP contribution < -0.4 is 0 Å². The Morgan fingerprint density at radius 1 is 1.10 bits per heavy atom. The summed E-state index contributed by atoms with van der Waals surface area (Å²) in [6.07, 6.45) is 9.01. The number of hydrogen-bond donors (Lipinski definition) is 0. The van der Waals surface area contributed by atoms with Gasteiger partial charge in [-0.1, -0.05) is 19.3 Å². The van der Waals surface area contributed by atoms with Gasteiger partial charge in [0.2, 0.25) is 0 Å². The summed E-state index contributed by atoms with van der Waals surface area (Å²) in [5.41, 5.74) is 1.73. The fourth-order valence-corrected chi connectivity index (χ4v) is 3.77. The molecular weight excluding hydrogens is 250 g/mol. The molecule has 0 unspecified atom stereocenters. The standard InChI is InChI=1S/C16H23N3O/c1-13-6-7-14(18-17-13)15(20)19-11-5-10-16(12-19)8-3-2-4-9-16/h6-7H,2-5,8-12H2,1H3. The molecule has 20 heavy (non-hydrogen) atoms. The van der Waals surface area contributed by atoms with Gasteiger partial charge in [0, 0.05) is 13.1 Å². The van der Waals surface area contributed by atoms with Gasteiger partial charge in [-0.05, 0) is 50.2 Å².